The highest BCUT2D eigenvalue weighted by atomic mass is 16.4. The van der Waals surface area contributed by atoms with Crippen molar-refractivity contribution >= 4 is 29.2 Å². The van der Waals surface area contributed by atoms with Crippen LogP contribution in [-0.2, 0) is 14.4 Å². The lowest BCUT2D eigenvalue weighted by atomic mass is 10.0. The van der Waals surface area contributed by atoms with Gasteiger partial charge in [-0.25, -0.2) is 5.43 Å². The molecule has 2 amide bonds. The number of amides is 2. The number of anilines is 1. The maximum atomic E-state index is 12.5. The van der Waals surface area contributed by atoms with Crippen LogP contribution in [0.1, 0.15) is 24.3 Å². The molecule has 1 unspecified atom stereocenters. The van der Waals surface area contributed by atoms with Gasteiger partial charge in [0, 0.05) is 25.1 Å². The van der Waals surface area contributed by atoms with E-state index >= 15 is 0 Å². The number of para-hydroxylation sites is 1. The Hall–Kier alpha value is -2.70. The first kappa shape index (κ1) is 13.3. The van der Waals surface area contributed by atoms with Gasteiger partial charge in [-0.2, -0.15) is 5.10 Å². The molecule has 1 aromatic carbocycles. The molecule has 0 radical (unpaired) electrons. The number of benzene rings is 1. The van der Waals surface area contributed by atoms with Crippen molar-refractivity contribution in [3.05, 3.63) is 29.8 Å². The van der Waals surface area contributed by atoms with E-state index in [-0.39, 0.29) is 36.9 Å². The van der Waals surface area contributed by atoms with E-state index in [1.54, 1.807) is 24.3 Å². The third-order valence-corrected chi connectivity index (χ3v) is 3.66. The second-order valence-electron chi connectivity index (χ2n) is 4.96. The molecule has 2 heterocycles. The van der Waals surface area contributed by atoms with Crippen LogP contribution < -0.4 is 10.3 Å². The van der Waals surface area contributed by atoms with E-state index in [1.165, 1.54) is 4.90 Å². The van der Waals surface area contributed by atoms with Gasteiger partial charge in [-0.1, -0.05) is 18.2 Å². The van der Waals surface area contributed by atoms with Crippen LogP contribution in [0.25, 0.3) is 0 Å². The van der Waals surface area contributed by atoms with E-state index in [4.69, 9.17) is 0 Å². The molecular weight excluding hydrogens is 274 g/mol. The molecule has 108 valence electrons. The van der Waals surface area contributed by atoms with Gasteiger partial charge in [-0.15, -0.1) is 0 Å². The molecule has 0 aromatic heterocycles. The smallest absolute Gasteiger partial charge is 0.312 e. The number of carbonyl (C=O) groups is 3. The molecule has 0 fully saturated rings. The predicted octanol–water partition coefficient (Wildman–Crippen LogP) is 0.467. The number of carbonyl (C=O) groups excluding carboxylic acids is 2. The lowest BCUT2D eigenvalue weighted by Gasteiger charge is -2.20. The van der Waals surface area contributed by atoms with Crippen LogP contribution in [0.2, 0.25) is 0 Å². The van der Waals surface area contributed by atoms with Gasteiger partial charge in [0.2, 0.25) is 5.91 Å². The van der Waals surface area contributed by atoms with Gasteiger partial charge in [0.25, 0.3) is 5.91 Å². The lowest BCUT2D eigenvalue weighted by Crippen LogP contribution is -2.40. The third kappa shape index (κ3) is 2.26. The summed E-state index contributed by atoms with van der Waals surface area (Å²) in [5.41, 5.74) is 3.74. The number of carboxylic acids is 1. The van der Waals surface area contributed by atoms with Crippen LogP contribution in [0.4, 0.5) is 5.69 Å². The molecule has 21 heavy (non-hydrogen) atoms. The maximum Gasteiger partial charge on any atom is 0.312 e. The number of hydrogen-bond acceptors (Lipinski definition) is 4. The van der Waals surface area contributed by atoms with Crippen molar-refractivity contribution in [3.63, 3.8) is 0 Å². The number of rotatable bonds is 2. The fourth-order valence-corrected chi connectivity index (χ4v) is 2.59. The van der Waals surface area contributed by atoms with Gasteiger partial charge >= 0.3 is 5.97 Å². The number of fused-ring (bicyclic) bond motifs is 1. The fraction of sp³-hybridized carbons (Fsp3) is 0.286. The van der Waals surface area contributed by atoms with Crippen molar-refractivity contribution < 1.29 is 19.5 Å². The molecule has 0 saturated heterocycles. The maximum absolute atomic E-state index is 12.5. The summed E-state index contributed by atoms with van der Waals surface area (Å²) in [5.74, 6) is -2.27. The van der Waals surface area contributed by atoms with Crippen molar-refractivity contribution in [1.82, 2.24) is 5.43 Å². The molecule has 2 aliphatic rings. The number of nitrogens with one attached hydrogen (secondary N) is 1. The highest BCUT2D eigenvalue weighted by Gasteiger charge is 2.38. The summed E-state index contributed by atoms with van der Waals surface area (Å²) in [6.07, 6.45) is 0.476. The Balaban J connectivity index is 1.92. The largest absolute Gasteiger partial charge is 0.481 e. The Morgan fingerprint density at radius 2 is 2.05 bits per heavy atom. The van der Waals surface area contributed by atoms with Crippen molar-refractivity contribution in [2.75, 3.05) is 11.4 Å². The Morgan fingerprint density at radius 1 is 1.29 bits per heavy atom. The number of hydrogen-bond donors (Lipinski definition) is 2. The zero-order valence-corrected chi connectivity index (χ0v) is 11.1. The van der Waals surface area contributed by atoms with Crippen molar-refractivity contribution in [2.24, 2.45) is 5.10 Å². The Kier molecular flexibility index (Phi) is 3.17. The molecular formula is C14H13N3O4. The molecule has 3 rings (SSSR count). The molecule has 1 atom stereocenters. The summed E-state index contributed by atoms with van der Waals surface area (Å²) in [6.45, 7) is 0.0838. The predicted molar refractivity (Wildman–Crippen MR) is 74.0 cm³/mol. The second-order valence-corrected chi connectivity index (χ2v) is 4.96. The molecule has 0 aliphatic carbocycles. The van der Waals surface area contributed by atoms with E-state index in [0.717, 1.165) is 0 Å². The summed E-state index contributed by atoms with van der Waals surface area (Å²) in [7, 11) is 0. The van der Waals surface area contributed by atoms with Crippen LogP contribution in [-0.4, -0.2) is 35.1 Å². The summed E-state index contributed by atoms with van der Waals surface area (Å²) >= 11 is 0. The van der Waals surface area contributed by atoms with Crippen molar-refractivity contribution in [3.8, 4) is 0 Å². The minimum atomic E-state index is -0.961. The second kappa shape index (κ2) is 5.01. The molecule has 7 nitrogen and oxygen atoms in total. The molecule has 0 bridgehead atoms. The minimum absolute atomic E-state index is 0.0838. The zero-order chi connectivity index (χ0) is 15.0. The highest BCUT2D eigenvalue weighted by Crippen LogP contribution is 2.36. The average molecular weight is 287 g/mol. The van der Waals surface area contributed by atoms with Gasteiger partial charge in [-0.3, -0.25) is 14.4 Å². The SMILES string of the molecule is O=C1CCC(C(=O)N2CC(C(=O)O)c3ccccc32)=NN1. The number of carboxylic acid groups (broad SMARTS) is 1. The summed E-state index contributed by atoms with van der Waals surface area (Å²) in [4.78, 5) is 36.3. The van der Waals surface area contributed by atoms with Gasteiger partial charge in [-0.05, 0) is 11.6 Å². The number of aliphatic carboxylic acids is 1. The van der Waals surface area contributed by atoms with Crippen LogP contribution in [0.5, 0.6) is 0 Å². The zero-order valence-electron chi connectivity index (χ0n) is 11.1. The van der Waals surface area contributed by atoms with Crippen molar-refractivity contribution in [1.29, 1.82) is 0 Å². The van der Waals surface area contributed by atoms with Gasteiger partial charge in [0.15, 0.2) is 0 Å². The first-order valence-corrected chi connectivity index (χ1v) is 6.57. The Labute approximate surface area is 120 Å². The van der Waals surface area contributed by atoms with E-state index < -0.39 is 11.9 Å². The first-order chi connectivity index (χ1) is 10.1. The van der Waals surface area contributed by atoms with Gasteiger partial charge in [0.05, 0.1) is 0 Å². The Morgan fingerprint density at radius 3 is 2.71 bits per heavy atom. The summed E-state index contributed by atoms with van der Waals surface area (Å²) in [5, 5.41) is 13.1. The normalized spacial score (nSPS) is 20.6. The molecule has 7 heteroatoms. The van der Waals surface area contributed by atoms with E-state index in [0.29, 0.717) is 11.3 Å². The average Bonchev–Trinajstić information content (AvgIpc) is 2.87. The molecule has 2 N–H and O–H groups in total. The van der Waals surface area contributed by atoms with E-state index in [1.807, 2.05) is 0 Å². The van der Waals surface area contributed by atoms with Gasteiger partial charge in [0.1, 0.15) is 11.6 Å². The standard InChI is InChI=1S/C14H13N3O4/c18-12-6-5-10(15-16-12)13(19)17-7-9(14(20)21)8-3-1-2-4-11(8)17/h1-4,9H,5-7H2,(H,16,18)(H,20,21). The first-order valence-electron chi connectivity index (χ1n) is 6.57. The highest BCUT2D eigenvalue weighted by molar-refractivity contribution is 6.44. The quantitative estimate of drug-likeness (QED) is 0.825. The monoisotopic (exact) mass is 287 g/mol. The van der Waals surface area contributed by atoms with Crippen LogP contribution in [0.3, 0.4) is 0 Å². The lowest BCUT2D eigenvalue weighted by molar-refractivity contribution is -0.138. The summed E-state index contributed by atoms with van der Waals surface area (Å²) < 4.78 is 0. The summed E-state index contributed by atoms with van der Waals surface area (Å²) in [6, 6.07) is 6.94. The molecule has 0 saturated carbocycles. The number of nitrogens with zero attached hydrogens (tertiary/aromatic N) is 2. The van der Waals surface area contributed by atoms with Crippen LogP contribution in [0, 0.1) is 0 Å². The Bertz CT molecular complexity index is 668. The van der Waals surface area contributed by atoms with E-state index in [2.05, 4.69) is 10.5 Å². The van der Waals surface area contributed by atoms with Crippen LogP contribution in [0.15, 0.2) is 29.4 Å². The molecule has 2 aliphatic heterocycles. The third-order valence-electron chi connectivity index (χ3n) is 3.66. The fourth-order valence-electron chi connectivity index (χ4n) is 2.59. The topological polar surface area (TPSA) is 99.1 Å². The molecule has 1 aromatic rings. The van der Waals surface area contributed by atoms with Gasteiger partial charge < -0.3 is 10.0 Å². The molecule has 0 spiro atoms. The van der Waals surface area contributed by atoms with E-state index in [9.17, 15) is 19.5 Å². The minimum Gasteiger partial charge on any atom is -0.481 e. The van der Waals surface area contributed by atoms with Crippen LogP contribution >= 0.6 is 0 Å². The number of hydrazone groups is 1. The van der Waals surface area contributed by atoms with Crippen molar-refractivity contribution in [2.45, 2.75) is 18.8 Å².